The van der Waals surface area contributed by atoms with Gasteiger partial charge < -0.3 is 15.8 Å². The van der Waals surface area contributed by atoms with Crippen LogP contribution in [0.25, 0.3) is 0 Å². The lowest BCUT2D eigenvalue weighted by Crippen LogP contribution is -2.48. The Morgan fingerprint density at radius 3 is 2.55 bits per heavy atom. The van der Waals surface area contributed by atoms with Gasteiger partial charge in [0.2, 0.25) is 11.8 Å². The van der Waals surface area contributed by atoms with Gasteiger partial charge in [-0.2, -0.15) is 0 Å². The van der Waals surface area contributed by atoms with E-state index in [0.29, 0.717) is 19.4 Å². The zero-order valence-corrected chi connectivity index (χ0v) is 11.7. The highest BCUT2D eigenvalue weighted by Gasteiger charge is 2.51. The van der Waals surface area contributed by atoms with Crippen LogP contribution in [0, 0.1) is 13.8 Å². The van der Waals surface area contributed by atoms with Crippen LogP contribution in [0.2, 0.25) is 0 Å². The number of ether oxygens (including phenoxy) is 1. The van der Waals surface area contributed by atoms with E-state index < -0.39 is 11.4 Å². The first-order valence-corrected chi connectivity index (χ1v) is 6.79. The van der Waals surface area contributed by atoms with Gasteiger partial charge in [-0.05, 0) is 43.9 Å². The van der Waals surface area contributed by atoms with Gasteiger partial charge in [-0.1, -0.05) is 6.07 Å². The molecule has 5 nitrogen and oxygen atoms in total. The minimum atomic E-state index is -0.820. The maximum atomic E-state index is 12.4. The van der Waals surface area contributed by atoms with E-state index in [9.17, 15) is 9.59 Å². The highest BCUT2D eigenvalue weighted by Crippen LogP contribution is 2.39. The third-order valence-electron chi connectivity index (χ3n) is 4.31. The molecule has 0 spiro atoms. The molecule has 106 valence electrons. The number of rotatable bonds is 3. The van der Waals surface area contributed by atoms with E-state index in [1.54, 1.807) is 0 Å². The standard InChI is InChI=1S/C15H18N2O3/c1-8-5-10-11(7-20-12(10)6-9(8)2)13(18)17-15(3-4-15)14(16)19/h5-6,11H,3-4,7H2,1-2H3,(H2,16,19)(H,17,18)/t11-/m1/s1. The topological polar surface area (TPSA) is 81.4 Å². The molecule has 3 N–H and O–H groups in total. The van der Waals surface area contributed by atoms with E-state index in [0.717, 1.165) is 22.4 Å². The fourth-order valence-electron chi connectivity index (χ4n) is 2.57. The van der Waals surface area contributed by atoms with Crippen molar-refractivity contribution in [3.8, 4) is 5.75 Å². The second-order valence-electron chi connectivity index (χ2n) is 5.77. The van der Waals surface area contributed by atoms with Crippen LogP contribution in [-0.4, -0.2) is 24.0 Å². The number of amides is 2. The predicted octanol–water partition coefficient (Wildman–Crippen LogP) is 0.914. The average molecular weight is 274 g/mol. The smallest absolute Gasteiger partial charge is 0.243 e. The maximum absolute atomic E-state index is 12.4. The normalized spacial score (nSPS) is 21.8. The molecule has 0 aromatic heterocycles. The molecule has 1 fully saturated rings. The lowest BCUT2D eigenvalue weighted by atomic mass is 9.96. The van der Waals surface area contributed by atoms with Crippen LogP contribution in [0.5, 0.6) is 5.75 Å². The number of benzene rings is 1. The molecule has 2 aliphatic rings. The molecular weight excluding hydrogens is 256 g/mol. The van der Waals surface area contributed by atoms with Crippen LogP contribution in [0.1, 0.15) is 35.4 Å². The summed E-state index contributed by atoms with van der Waals surface area (Å²) in [4.78, 5) is 23.7. The molecule has 0 saturated heterocycles. The number of primary amides is 1. The minimum Gasteiger partial charge on any atom is -0.492 e. The van der Waals surface area contributed by atoms with E-state index in [2.05, 4.69) is 5.32 Å². The molecule has 20 heavy (non-hydrogen) atoms. The number of nitrogens with one attached hydrogen (secondary N) is 1. The third kappa shape index (κ3) is 1.94. The summed E-state index contributed by atoms with van der Waals surface area (Å²) in [5.41, 5.74) is 7.68. The molecule has 3 rings (SSSR count). The van der Waals surface area contributed by atoms with Gasteiger partial charge in [-0.25, -0.2) is 0 Å². The summed E-state index contributed by atoms with van der Waals surface area (Å²) in [5, 5.41) is 2.79. The van der Waals surface area contributed by atoms with Crippen molar-refractivity contribution in [3.05, 3.63) is 28.8 Å². The van der Waals surface area contributed by atoms with Gasteiger partial charge in [0.15, 0.2) is 0 Å². The molecule has 1 aromatic rings. The van der Waals surface area contributed by atoms with Gasteiger partial charge in [-0.15, -0.1) is 0 Å². The van der Waals surface area contributed by atoms with E-state index in [4.69, 9.17) is 10.5 Å². The molecule has 1 atom stereocenters. The average Bonchev–Trinajstić information content (AvgIpc) is 3.05. The first-order chi connectivity index (χ1) is 9.43. The van der Waals surface area contributed by atoms with Crippen LogP contribution in [0.15, 0.2) is 12.1 Å². The van der Waals surface area contributed by atoms with E-state index in [1.807, 2.05) is 26.0 Å². The highest BCUT2D eigenvalue weighted by atomic mass is 16.5. The first-order valence-electron chi connectivity index (χ1n) is 6.79. The SMILES string of the molecule is Cc1cc2c(cc1C)[C@H](C(=O)NC1(C(N)=O)CC1)CO2. The molecule has 1 aliphatic carbocycles. The summed E-state index contributed by atoms with van der Waals surface area (Å²) in [7, 11) is 0. The van der Waals surface area contributed by atoms with Crippen molar-refractivity contribution < 1.29 is 14.3 Å². The molecule has 0 bridgehead atoms. The van der Waals surface area contributed by atoms with Crippen LogP contribution in [-0.2, 0) is 9.59 Å². The maximum Gasteiger partial charge on any atom is 0.243 e. The fraction of sp³-hybridized carbons (Fsp3) is 0.467. The van der Waals surface area contributed by atoms with Crippen molar-refractivity contribution in [2.45, 2.75) is 38.1 Å². The van der Waals surface area contributed by atoms with Gasteiger partial charge in [-0.3, -0.25) is 9.59 Å². The van der Waals surface area contributed by atoms with Gasteiger partial charge in [0.25, 0.3) is 0 Å². The van der Waals surface area contributed by atoms with E-state index in [1.165, 1.54) is 0 Å². The molecule has 1 saturated carbocycles. The Hall–Kier alpha value is -2.04. The Labute approximate surface area is 117 Å². The molecule has 2 amide bonds. The van der Waals surface area contributed by atoms with Crippen molar-refractivity contribution in [2.75, 3.05) is 6.61 Å². The monoisotopic (exact) mass is 274 g/mol. The lowest BCUT2D eigenvalue weighted by molar-refractivity contribution is -0.129. The Balaban J connectivity index is 1.83. The van der Waals surface area contributed by atoms with Crippen molar-refractivity contribution in [2.24, 2.45) is 5.73 Å². The number of carbonyl (C=O) groups excluding carboxylic acids is 2. The van der Waals surface area contributed by atoms with E-state index >= 15 is 0 Å². The number of carbonyl (C=O) groups is 2. The number of hydrogen-bond donors (Lipinski definition) is 2. The van der Waals surface area contributed by atoms with Gasteiger partial charge in [0.05, 0.1) is 0 Å². The van der Waals surface area contributed by atoms with Crippen molar-refractivity contribution in [3.63, 3.8) is 0 Å². The minimum absolute atomic E-state index is 0.177. The predicted molar refractivity (Wildman–Crippen MR) is 73.5 cm³/mol. The first kappa shape index (κ1) is 13.0. The zero-order valence-electron chi connectivity index (χ0n) is 11.7. The Morgan fingerprint density at radius 2 is 1.95 bits per heavy atom. The summed E-state index contributed by atoms with van der Waals surface area (Å²) in [6.45, 7) is 4.34. The molecule has 0 radical (unpaired) electrons. The van der Waals surface area contributed by atoms with Crippen molar-refractivity contribution in [1.29, 1.82) is 0 Å². The Bertz CT molecular complexity index is 605. The van der Waals surface area contributed by atoms with Crippen molar-refractivity contribution in [1.82, 2.24) is 5.32 Å². The highest BCUT2D eigenvalue weighted by molar-refractivity contribution is 5.95. The molecule has 1 aromatic carbocycles. The number of hydrogen-bond acceptors (Lipinski definition) is 3. The van der Waals surface area contributed by atoms with Crippen LogP contribution in [0.3, 0.4) is 0 Å². The summed E-state index contributed by atoms with van der Waals surface area (Å²) >= 11 is 0. The zero-order chi connectivity index (χ0) is 14.5. The number of aryl methyl sites for hydroxylation is 2. The fourth-order valence-corrected chi connectivity index (χ4v) is 2.57. The molecule has 1 aliphatic heterocycles. The summed E-state index contributed by atoms with van der Waals surface area (Å²) < 4.78 is 5.59. The summed E-state index contributed by atoms with van der Waals surface area (Å²) in [6, 6.07) is 3.95. The summed E-state index contributed by atoms with van der Waals surface area (Å²) in [5.74, 6) is -0.230. The third-order valence-corrected chi connectivity index (χ3v) is 4.31. The lowest BCUT2D eigenvalue weighted by Gasteiger charge is -2.16. The largest absolute Gasteiger partial charge is 0.492 e. The number of fused-ring (bicyclic) bond motifs is 1. The van der Waals surface area contributed by atoms with E-state index in [-0.39, 0.29) is 11.8 Å². The summed E-state index contributed by atoms with van der Waals surface area (Å²) in [6.07, 6.45) is 1.25. The molecule has 1 heterocycles. The van der Waals surface area contributed by atoms with Crippen LogP contribution in [0.4, 0.5) is 0 Å². The second-order valence-corrected chi connectivity index (χ2v) is 5.77. The van der Waals surface area contributed by atoms with Crippen LogP contribution < -0.4 is 15.8 Å². The van der Waals surface area contributed by atoms with Gasteiger partial charge >= 0.3 is 0 Å². The quantitative estimate of drug-likeness (QED) is 0.859. The Kier molecular flexibility index (Phi) is 2.74. The molecule has 5 heteroatoms. The van der Waals surface area contributed by atoms with Crippen LogP contribution >= 0.6 is 0 Å². The number of nitrogens with two attached hydrogens (primary N) is 1. The molecule has 0 unspecified atom stereocenters. The van der Waals surface area contributed by atoms with Gasteiger partial charge in [0.1, 0.15) is 23.8 Å². The second kappa shape index (κ2) is 4.23. The van der Waals surface area contributed by atoms with Gasteiger partial charge in [0, 0.05) is 5.56 Å². The molecular formula is C15H18N2O3. The Morgan fingerprint density at radius 1 is 1.30 bits per heavy atom. The van der Waals surface area contributed by atoms with Crippen molar-refractivity contribution >= 4 is 11.8 Å².